The van der Waals surface area contributed by atoms with Crippen molar-refractivity contribution in [3.8, 4) is 11.3 Å². The summed E-state index contributed by atoms with van der Waals surface area (Å²) < 4.78 is 0. The maximum absolute atomic E-state index is 4.46. The van der Waals surface area contributed by atoms with E-state index >= 15 is 0 Å². The third-order valence-corrected chi connectivity index (χ3v) is 5.45. The van der Waals surface area contributed by atoms with Crippen molar-refractivity contribution in [2.24, 2.45) is 4.99 Å². The number of guanidine groups is 1. The molecule has 0 spiro atoms. The maximum Gasteiger partial charge on any atom is 0.191 e. The second kappa shape index (κ2) is 10.1. The normalized spacial score (nSPS) is 14.8. The second-order valence-corrected chi connectivity index (χ2v) is 7.69. The zero-order valence-corrected chi connectivity index (χ0v) is 17.6. The smallest absolute Gasteiger partial charge is 0.191 e. The lowest BCUT2D eigenvalue weighted by Crippen LogP contribution is -2.36. The quantitative estimate of drug-likeness (QED) is 0.418. The van der Waals surface area contributed by atoms with Gasteiger partial charge in [-0.2, -0.15) is 0 Å². The van der Waals surface area contributed by atoms with Gasteiger partial charge >= 0.3 is 0 Å². The number of imidazole rings is 1. The Morgan fingerprint density at radius 1 is 0.967 bits per heavy atom. The first-order valence-corrected chi connectivity index (χ1v) is 10.6. The van der Waals surface area contributed by atoms with Gasteiger partial charge < -0.3 is 15.6 Å². The predicted molar refractivity (Wildman–Crippen MR) is 122 cm³/mol. The van der Waals surface area contributed by atoms with E-state index in [1.807, 2.05) is 24.4 Å². The van der Waals surface area contributed by atoms with E-state index in [1.54, 1.807) is 7.05 Å². The Bertz CT molecular complexity index is 939. The third kappa shape index (κ3) is 5.48. The Balaban J connectivity index is 1.24. The lowest BCUT2D eigenvalue weighted by molar-refractivity contribution is 0.331. The Hall–Kier alpha value is -3.12. The molecule has 3 N–H and O–H groups in total. The summed E-state index contributed by atoms with van der Waals surface area (Å²) >= 11 is 0. The summed E-state index contributed by atoms with van der Waals surface area (Å²) in [4.78, 5) is 14.7. The molecule has 4 rings (SSSR count). The third-order valence-electron chi connectivity index (χ3n) is 5.45. The molecule has 6 heteroatoms. The number of nitrogens with zero attached hydrogens (tertiary/aromatic N) is 3. The van der Waals surface area contributed by atoms with Crippen molar-refractivity contribution in [3.05, 3.63) is 77.7 Å². The molecule has 0 amide bonds. The molecule has 1 aliphatic heterocycles. The number of hydrogen-bond donors (Lipinski definition) is 3. The molecule has 0 radical (unpaired) electrons. The molecule has 1 aliphatic rings. The van der Waals surface area contributed by atoms with Gasteiger partial charge in [0.2, 0.25) is 0 Å². The molecule has 0 atom stereocenters. The molecule has 1 fully saturated rings. The first-order valence-electron chi connectivity index (χ1n) is 10.6. The van der Waals surface area contributed by atoms with Crippen molar-refractivity contribution in [3.63, 3.8) is 0 Å². The van der Waals surface area contributed by atoms with E-state index < -0.39 is 0 Å². The number of aromatic nitrogens is 2. The van der Waals surface area contributed by atoms with Gasteiger partial charge in [-0.15, -0.1) is 0 Å². The fourth-order valence-electron chi connectivity index (χ4n) is 3.75. The van der Waals surface area contributed by atoms with Crippen LogP contribution in [0.5, 0.6) is 0 Å². The van der Waals surface area contributed by atoms with Crippen molar-refractivity contribution in [2.75, 3.05) is 20.1 Å². The van der Waals surface area contributed by atoms with Crippen LogP contribution in [0.2, 0.25) is 0 Å². The SMILES string of the molecule is CN=C(NCc1ccc(CN2CCCC2)cc1)NCc1ncc(-c2ccccc2)[nH]1. The minimum atomic E-state index is 0.585. The molecular weight excluding hydrogens is 372 g/mol. The van der Waals surface area contributed by atoms with Crippen molar-refractivity contribution in [2.45, 2.75) is 32.5 Å². The summed E-state index contributed by atoms with van der Waals surface area (Å²) in [7, 11) is 1.78. The molecule has 3 aromatic rings. The minimum absolute atomic E-state index is 0.585. The van der Waals surface area contributed by atoms with Crippen LogP contribution in [0.15, 0.2) is 65.8 Å². The fourth-order valence-corrected chi connectivity index (χ4v) is 3.75. The van der Waals surface area contributed by atoms with Crippen molar-refractivity contribution >= 4 is 5.96 Å². The highest BCUT2D eigenvalue weighted by Gasteiger charge is 2.11. The summed E-state index contributed by atoms with van der Waals surface area (Å²) in [6.07, 6.45) is 4.53. The average molecular weight is 403 g/mol. The lowest BCUT2D eigenvalue weighted by Gasteiger charge is -2.15. The highest BCUT2D eigenvalue weighted by atomic mass is 15.2. The van der Waals surface area contributed by atoms with Crippen LogP contribution >= 0.6 is 0 Å². The van der Waals surface area contributed by atoms with Gasteiger partial charge in [0, 0.05) is 20.1 Å². The van der Waals surface area contributed by atoms with E-state index in [9.17, 15) is 0 Å². The number of aromatic amines is 1. The maximum atomic E-state index is 4.46. The number of aliphatic imine (C=N–C) groups is 1. The largest absolute Gasteiger partial charge is 0.352 e. The van der Waals surface area contributed by atoms with E-state index in [0.717, 1.165) is 36.1 Å². The van der Waals surface area contributed by atoms with Crippen LogP contribution in [0.3, 0.4) is 0 Å². The van der Waals surface area contributed by atoms with E-state index in [1.165, 1.54) is 37.1 Å². The molecule has 30 heavy (non-hydrogen) atoms. The zero-order chi connectivity index (χ0) is 20.6. The van der Waals surface area contributed by atoms with Crippen LogP contribution in [0.25, 0.3) is 11.3 Å². The highest BCUT2D eigenvalue weighted by molar-refractivity contribution is 5.79. The monoisotopic (exact) mass is 402 g/mol. The average Bonchev–Trinajstić information content (AvgIpc) is 3.48. The standard InChI is InChI=1S/C24H30N6/c1-25-24(28-17-23-26-16-22(29-23)21-7-3-2-4-8-21)27-15-19-9-11-20(12-10-19)18-30-13-5-6-14-30/h2-4,7-12,16H,5-6,13-15,17-18H2,1H3,(H,26,29)(H2,25,27,28). The van der Waals surface area contributed by atoms with Crippen molar-refractivity contribution in [1.82, 2.24) is 25.5 Å². The Morgan fingerprint density at radius 2 is 1.67 bits per heavy atom. The number of likely N-dealkylation sites (tertiary alicyclic amines) is 1. The summed E-state index contributed by atoms with van der Waals surface area (Å²) in [6, 6.07) is 19.1. The second-order valence-electron chi connectivity index (χ2n) is 7.69. The van der Waals surface area contributed by atoms with Crippen LogP contribution in [-0.2, 0) is 19.6 Å². The molecular formula is C24H30N6. The van der Waals surface area contributed by atoms with E-state index in [0.29, 0.717) is 6.54 Å². The summed E-state index contributed by atoms with van der Waals surface area (Å²) in [6.45, 7) is 4.84. The van der Waals surface area contributed by atoms with Gasteiger partial charge in [0.15, 0.2) is 5.96 Å². The molecule has 6 nitrogen and oxygen atoms in total. The van der Waals surface area contributed by atoms with Gasteiger partial charge in [0.25, 0.3) is 0 Å². The molecule has 2 heterocycles. The number of rotatable bonds is 7. The molecule has 0 bridgehead atoms. The van der Waals surface area contributed by atoms with E-state index in [4.69, 9.17) is 0 Å². The van der Waals surface area contributed by atoms with Crippen LogP contribution in [-0.4, -0.2) is 41.0 Å². The lowest BCUT2D eigenvalue weighted by atomic mass is 10.1. The zero-order valence-electron chi connectivity index (χ0n) is 17.6. The molecule has 1 aromatic heterocycles. The van der Waals surface area contributed by atoms with E-state index in [-0.39, 0.29) is 0 Å². The number of nitrogens with one attached hydrogen (secondary N) is 3. The molecule has 1 saturated heterocycles. The predicted octanol–water partition coefficient (Wildman–Crippen LogP) is 3.54. The van der Waals surface area contributed by atoms with E-state index in [2.05, 4.69) is 66.9 Å². The number of H-pyrrole nitrogens is 1. The highest BCUT2D eigenvalue weighted by Crippen LogP contribution is 2.16. The first kappa shape index (κ1) is 20.2. The molecule has 0 saturated carbocycles. The van der Waals surface area contributed by atoms with Crippen LogP contribution in [0, 0.1) is 0 Å². The summed E-state index contributed by atoms with van der Waals surface area (Å²) in [5, 5.41) is 6.69. The minimum Gasteiger partial charge on any atom is -0.352 e. The summed E-state index contributed by atoms with van der Waals surface area (Å²) in [5.74, 6) is 1.64. The number of hydrogen-bond acceptors (Lipinski definition) is 3. The number of benzene rings is 2. The van der Waals surface area contributed by atoms with Gasteiger partial charge in [-0.1, -0.05) is 54.6 Å². The van der Waals surface area contributed by atoms with Crippen molar-refractivity contribution in [1.29, 1.82) is 0 Å². The molecule has 2 aromatic carbocycles. The van der Waals surface area contributed by atoms with Gasteiger partial charge in [0.1, 0.15) is 5.82 Å². The fraction of sp³-hybridized carbons (Fsp3) is 0.333. The van der Waals surface area contributed by atoms with Crippen molar-refractivity contribution < 1.29 is 0 Å². The Morgan fingerprint density at radius 3 is 2.40 bits per heavy atom. The van der Waals surface area contributed by atoms with Gasteiger partial charge in [-0.3, -0.25) is 9.89 Å². The van der Waals surface area contributed by atoms with Gasteiger partial charge in [-0.25, -0.2) is 4.98 Å². The summed E-state index contributed by atoms with van der Waals surface area (Å²) in [5.41, 5.74) is 4.78. The Labute approximate surface area is 178 Å². The molecule has 156 valence electrons. The van der Waals surface area contributed by atoms with Crippen LogP contribution in [0.1, 0.15) is 29.8 Å². The topological polar surface area (TPSA) is 68.3 Å². The van der Waals surface area contributed by atoms with Gasteiger partial charge in [0.05, 0.1) is 18.4 Å². The molecule has 0 unspecified atom stereocenters. The Kier molecular flexibility index (Phi) is 6.77. The van der Waals surface area contributed by atoms with Gasteiger partial charge in [-0.05, 0) is 42.6 Å². The van der Waals surface area contributed by atoms with Crippen LogP contribution in [0.4, 0.5) is 0 Å². The first-order chi connectivity index (χ1) is 14.8. The van der Waals surface area contributed by atoms with Crippen LogP contribution < -0.4 is 10.6 Å². The molecule has 0 aliphatic carbocycles.